The van der Waals surface area contributed by atoms with Crippen LogP contribution in [-0.2, 0) is 5.75 Å². The van der Waals surface area contributed by atoms with Gasteiger partial charge < -0.3 is 15.4 Å². The van der Waals surface area contributed by atoms with Gasteiger partial charge in [-0.2, -0.15) is 5.26 Å². The second kappa shape index (κ2) is 6.47. The molecule has 0 spiro atoms. The molecule has 3 N–H and O–H groups in total. The number of aromatic hydroxyl groups is 1. The average Bonchev–Trinajstić information content (AvgIpc) is 2.97. The summed E-state index contributed by atoms with van der Waals surface area (Å²) in [6, 6.07) is 10.1. The molecule has 3 rings (SSSR count). The van der Waals surface area contributed by atoms with Crippen molar-refractivity contribution >= 4 is 11.8 Å². The van der Waals surface area contributed by atoms with Crippen molar-refractivity contribution in [3.05, 3.63) is 58.1 Å². The fraction of sp³-hybridized carbons (Fsp3) is 0.0667. The number of nitriles is 1. The van der Waals surface area contributed by atoms with E-state index in [9.17, 15) is 4.79 Å². The Morgan fingerprint density at radius 2 is 2.21 bits per heavy atom. The minimum Gasteiger partial charge on any atom is -0.502 e. The van der Waals surface area contributed by atoms with Crippen LogP contribution in [0.3, 0.4) is 0 Å². The molecular formula is C15H11N5O3S. The summed E-state index contributed by atoms with van der Waals surface area (Å²) < 4.78 is 6.42. The number of hydrogen-bond acceptors (Lipinski definition) is 8. The first-order chi connectivity index (χ1) is 11.6. The van der Waals surface area contributed by atoms with E-state index in [0.717, 1.165) is 6.26 Å². The molecule has 2 aromatic heterocycles. The SMILES string of the molecule is N#Cc1cccc(-c2nnc(SCc3cc(=O)c(O)co3)n2N)c1. The zero-order valence-corrected chi connectivity index (χ0v) is 13.0. The largest absolute Gasteiger partial charge is 0.502 e. The van der Waals surface area contributed by atoms with Crippen LogP contribution in [0.15, 0.2) is 51.0 Å². The minimum absolute atomic E-state index is 0.295. The van der Waals surface area contributed by atoms with Crippen LogP contribution in [0.25, 0.3) is 11.4 Å². The topological polar surface area (TPSA) is 131 Å². The van der Waals surface area contributed by atoms with Crippen molar-refractivity contribution in [2.75, 3.05) is 5.84 Å². The lowest BCUT2D eigenvalue weighted by molar-refractivity contribution is 0.419. The number of hydrogen-bond donors (Lipinski definition) is 2. The zero-order valence-electron chi connectivity index (χ0n) is 12.2. The smallest absolute Gasteiger partial charge is 0.226 e. The fourth-order valence-corrected chi connectivity index (χ4v) is 2.70. The molecular weight excluding hydrogens is 330 g/mol. The molecule has 2 heterocycles. The molecule has 0 bridgehead atoms. The van der Waals surface area contributed by atoms with Crippen LogP contribution in [0.5, 0.6) is 5.75 Å². The number of nitrogens with zero attached hydrogens (tertiary/aromatic N) is 4. The van der Waals surface area contributed by atoms with Crippen molar-refractivity contribution in [1.82, 2.24) is 14.9 Å². The normalized spacial score (nSPS) is 10.5. The van der Waals surface area contributed by atoms with E-state index in [-0.39, 0.29) is 0 Å². The Morgan fingerprint density at radius 3 is 2.96 bits per heavy atom. The molecule has 0 aliphatic heterocycles. The summed E-state index contributed by atoms with van der Waals surface area (Å²) in [6.45, 7) is 0. The third-order valence-corrected chi connectivity index (χ3v) is 4.09. The monoisotopic (exact) mass is 341 g/mol. The maximum atomic E-state index is 11.4. The number of aromatic nitrogens is 3. The van der Waals surface area contributed by atoms with Gasteiger partial charge in [0.2, 0.25) is 10.6 Å². The summed E-state index contributed by atoms with van der Waals surface area (Å²) >= 11 is 1.23. The molecule has 0 unspecified atom stereocenters. The van der Waals surface area contributed by atoms with E-state index in [1.165, 1.54) is 22.5 Å². The van der Waals surface area contributed by atoms with Crippen LogP contribution in [0.2, 0.25) is 0 Å². The van der Waals surface area contributed by atoms with Gasteiger partial charge in [0.15, 0.2) is 11.6 Å². The molecule has 0 saturated heterocycles. The summed E-state index contributed by atoms with van der Waals surface area (Å²) in [4.78, 5) is 11.4. The molecule has 0 radical (unpaired) electrons. The fourth-order valence-electron chi connectivity index (χ4n) is 1.96. The van der Waals surface area contributed by atoms with Crippen LogP contribution in [0, 0.1) is 11.3 Å². The Bertz CT molecular complexity index is 989. The Kier molecular flexibility index (Phi) is 4.22. The molecule has 0 aliphatic rings. The highest BCUT2D eigenvalue weighted by molar-refractivity contribution is 7.98. The molecule has 0 atom stereocenters. The molecule has 0 aliphatic carbocycles. The maximum absolute atomic E-state index is 11.4. The van der Waals surface area contributed by atoms with Crippen molar-refractivity contribution in [2.24, 2.45) is 0 Å². The standard InChI is InChI=1S/C15H11N5O3S/c16-6-9-2-1-3-10(4-9)14-18-19-15(20(14)17)24-8-11-5-12(21)13(22)7-23-11/h1-5,7,22H,8,17H2. The van der Waals surface area contributed by atoms with Gasteiger partial charge in [0.05, 0.1) is 17.4 Å². The van der Waals surface area contributed by atoms with E-state index >= 15 is 0 Å². The highest BCUT2D eigenvalue weighted by atomic mass is 32.2. The Labute approximate surface area is 140 Å². The van der Waals surface area contributed by atoms with E-state index in [2.05, 4.69) is 16.3 Å². The number of rotatable bonds is 4. The number of thioether (sulfide) groups is 1. The van der Waals surface area contributed by atoms with Crippen LogP contribution in [0.1, 0.15) is 11.3 Å². The van der Waals surface area contributed by atoms with Gasteiger partial charge in [0, 0.05) is 11.6 Å². The lowest BCUT2D eigenvalue weighted by atomic mass is 10.1. The van der Waals surface area contributed by atoms with E-state index in [1.54, 1.807) is 24.3 Å². The lowest BCUT2D eigenvalue weighted by Gasteiger charge is -2.04. The number of nitrogens with two attached hydrogens (primary N) is 1. The third kappa shape index (κ3) is 3.09. The molecule has 0 amide bonds. The van der Waals surface area contributed by atoms with Gasteiger partial charge in [-0.1, -0.05) is 23.9 Å². The Morgan fingerprint density at radius 1 is 1.38 bits per heavy atom. The number of benzene rings is 1. The van der Waals surface area contributed by atoms with Crippen LogP contribution >= 0.6 is 11.8 Å². The van der Waals surface area contributed by atoms with Gasteiger partial charge in [0.1, 0.15) is 12.0 Å². The van der Waals surface area contributed by atoms with Crippen molar-refractivity contribution < 1.29 is 9.52 Å². The molecule has 0 fully saturated rings. The second-order valence-electron chi connectivity index (χ2n) is 4.75. The molecule has 24 heavy (non-hydrogen) atoms. The van der Waals surface area contributed by atoms with E-state index in [1.807, 2.05) is 0 Å². The molecule has 120 valence electrons. The van der Waals surface area contributed by atoms with Crippen molar-refractivity contribution in [3.63, 3.8) is 0 Å². The van der Waals surface area contributed by atoms with Crippen molar-refractivity contribution in [3.8, 4) is 23.2 Å². The first kappa shape index (κ1) is 15.6. The average molecular weight is 341 g/mol. The van der Waals surface area contributed by atoms with Gasteiger partial charge in [-0.25, -0.2) is 4.68 Å². The summed E-state index contributed by atoms with van der Waals surface area (Å²) in [5.74, 6) is 6.65. The second-order valence-corrected chi connectivity index (χ2v) is 5.70. The first-order valence-corrected chi connectivity index (χ1v) is 7.71. The predicted octanol–water partition coefficient (Wildman–Crippen LogP) is 1.48. The van der Waals surface area contributed by atoms with E-state index in [4.69, 9.17) is 20.6 Å². The van der Waals surface area contributed by atoms with E-state index in [0.29, 0.717) is 33.6 Å². The Hall–Kier alpha value is -3.25. The Balaban J connectivity index is 1.81. The lowest BCUT2D eigenvalue weighted by Crippen LogP contribution is -2.11. The molecule has 9 heteroatoms. The van der Waals surface area contributed by atoms with Gasteiger partial charge in [-0.3, -0.25) is 4.79 Å². The van der Waals surface area contributed by atoms with Crippen LogP contribution < -0.4 is 11.3 Å². The first-order valence-electron chi connectivity index (χ1n) is 6.73. The predicted molar refractivity (Wildman–Crippen MR) is 86.5 cm³/mol. The molecule has 3 aromatic rings. The van der Waals surface area contributed by atoms with E-state index < -0.39 is 11.2 Å². The van der Waals surface area contributed by atoms with Gasteiger partial charge in [-0.05, 0) is 12.1 Å². The van der Waals surface area contributed by atoms with Crippen molar-refractivity contribution in [2.45, 2.75) is 10.9 Å². The quantitative estimate of drug-likeness (QED) is 0.539. The highest BCUT2D eigenvalue weighted by Gasteiger charge is 2.13. The summed E-state index contributed by atoms with van der Waals surface area (Å²) in [5.41, 5.74) is 0.655. The van der Waals surface area contributed by atoms with Crippen molar-refractivity contribution in [1.29, 1.82) is 5.26 Å². The number of nitrogen functional groups attached to an aromatic ring is 1. The van der Waals surface area contributed by atoms with Gasteiger partial charge in [0.25, 0.3) is 0 Å². The molecule has 0 saturated carbocycles. The van der Waals surface area contributed by atoms with Gasteiger partial charge >= 0.3 is 0 Å². The van der Waals surface area contributed by atoms with Gasteiger partial charge in [-0.15, -0.1) is 10.2 Å². The summed E-state index contributed by atoms with van der Waals surface area (Å²) in [5, 5.41) is 26.6. The van der Waals surface area contributed by atoms with Crippen LogP contribution in [0.4, 0.5) is 0 Å². The minimum atomic E-state index is -0.514. The summed E-state index contributed by atoms with van der Waals surface area (Å²) in [7, 11) is 0. The van der Waals surface area contributed by atoms with Crippen LogP contribution in [-0.4, -0.2) is 20.0 Å². The molecule has 1 aromatic carbocycles. The highest BCUT2D eigenvalue weighted by Crippen LogP contribution is 2.24. The molecule has 8 nitrogen and oxygen atoms in total. The third-order valence-electron chi connectivity index (χ3n) is 3.12. The summed E-state index contributed by atoms with van der Waals surface area (Å²) in [6.07, 6.45) is 0.990. The zero-order chi connectivity index (χ0) is 17.1. The maximum Gasteiger partial charge on any atom is 0.226 e.